The van der Waals surface area contributed by atoms with Gasteiger partial charge in [0.1, 0.15) is 0 Å². The Labute approximate surface area is 141 Å². The second kappa shape index (κ2) is 7.58. The van der Waals surface area contributed by atoms with Crippen molar-refractivity contribution < 1.29 is 13.6 Å². The van der Waals surface area contributed by atoms with Gasteiger partial charge in [0, 0.05) is 38.0 Å². The number of rotatable bonds is 2. The Kier molecular flexibility index (Phi) is 5.98. The van der Waals surface area contributed by atoms with E-state index in [9.17, 15) is 13.6 Å². The smallest absolute Gasteiger partial charge is 0.253 e. The SMILES string of the molecule is Cl.O=C(c1cccc(C2CCCNC2)c1)N1CCC(F)(F)CC1. The molecule has 2 fully saturated rings. The Bertz CT molecular complexity index is 537. The molecule has 0 spiro atoms. The Morgan fingerprint density at radius 1 is 1.26 bits per heavy atom. The molecule has 1 atom stereocenters. The predicted molar refractivity (Wildman–Crippen MR) is 88.6 cm³/mol. The molecule has 3 nitrogen and oxygen atoms in total. The van der Waals surface area contributed by atoms with E-state index in [2.05, 4.69) is 11.4 Å². The number of benzene rings is 1. The molecule has 1 unspecified atom stereocenters. The van der Waals surface area contributed by atoms with Gasteiger partial charge in [0.2, 0.25) is 0 Å². The lowest BCUT2D eigenvalue weighted by Crippen LogP contribution is -2.42. The number of carbonyl (C=O) groups excluding carboxylic acids is 1. The molecule has 3 rings (SSSR count). The lowest BCUT2D eigenvalue weighted by atomic mass is 9.90. The van der Waals surface area contributed by atoms with Crippen molar-refractivity contribution in [3.05, 3.63) is 35.4 Å². The lowest BCUT2D eigenvalue weighted by Gasteiger charge is -2.32. The van der Waals surface area contributed by atoms with Gasteiger partial charge in [0.25, 0.3) is 11.8 Å². The highest BCUT2D eigenvalue weighted by atomic mass is 35.5. The van der Waals surface area contributed by atoms with Gasteiger partial charge in [0.05, 0.1) is 0 Å². The average molecular weight is 345 g/mol. The molecule has 1 aromatic rings. The summed E-state index contributed by atoms with van der Waals surface area (Å²) in [6.07, 6.45) is 1.81. The quantitative estimate of drug-likeness (QED) is 0.891. The number of likely N-dealkylation sites (tertiary alicyclic amines) is 1. The number of amides is 1. The van der Waals surface area contributed by atoms with E-state index >= 15 is 0 Å². The van der Waals surface area contributed by atoms with Crippen LogP contribution >= 0.6 is 12.4 Å². The number of nitrogens with zero attached hydrogens (tertiary/aromatic N) is 1. The highest BCUT2D eigenvalue weighted by molar-refractivity contribution is 5.94. The van der Waals surface area contributed by atoms with Gasteiger partial charge in [-0.05, 0) is 43.0 Å². The van der Waals surface area contributed by atoms with Crippen molar-refractivity contribution >= 4 is 18.3 Å². The molecule has 1 aromatic carbocycles. The number of nitrogens with one attached hydrogen (secondary N) is 1. The van der Waals surface area contributed by atoms with Crippen molar-refractivity contribution in [2.45, 2.75) is 37.5 Å². The number of alkyl halides is 2. The van der Waals surface area contributed by atoms with Crippen molar-refractivity contribution in [2.75, 3.05) is 26.2 Å². The van der Waals surface area contributed by atoms with Crippen molar-refractivity contribution in [1.82, 2.24) is 10.2 Å². The molecule has 0 bridgehead atoms. The van der Waals surface area contributed by atoms with E-state index in [4.69, 9.17) is 0 Å². The first-order valence-electron chi connectivity index (χ1n) is 8.03. The first kappa shape index (κ1) is 18.1. The van der Waals surface area contributed by atoms with Gasteiger partial charge in [-0.1, -0.05) is 12.1 Å². The Balaban J connectivity index is 0.00000192. The fourth-order valence-corrected chi connectivity index (χ4v) is 3.28. The Morgan fingerprint density at radius 2 is 2.00 bits per heavy atom. The molecule has 2 saturated heterocycles. The van der Waals surface area contributed by atoms with Crippen LogP contribution in [0.1, 0.15) is 47.5 Å². The highest BCUT2D eigenvalue weighted by Crippen LogP contribution is 2.29. The summed E-state index contributed by atoms with van der Waals surface area (Å²) in [7, 11) is 0. The maximum Gasteiger partial charge on any atom is 0.253 e. The molecule has 2 aliphatic rings. The molecular weight excluding hydrogens is 322 g/mol. The van der Waals surface area contributed by atoms with Gasteiger partial charge in [-0.25, -0.2) is 8.78 Å². The molecule has 0 aliphatic carbocycles. The summed E-state index contributed by atoms with van der Waals surface area (Å²) in [5.74, 6) is -2.31. The van der Waals surface area contributed by atoms with E-state index in [-0.39, 0.29) is 44.2 Å². The fraction of sp³-hybridized carbons (Fsp3) is 0.588. The third kappa shape index (κ3) is 4.42. The minimum Gasteiger partial charge on any atom is -0.338 e. The minimum atomic E-state index is -2.62. The van der Waals surface area contributed by atoms with Gasteiger partial charge >= 0.3 is 0 Å². The van der Waals surface area contributed by atoms with Gasteiger partial charge in [0.15, 0.2) is 0 Å². The topological polar surface area (TPSA) is 32.3 Å². The molecule has 1 N–H and O–H groups in total. The molecule has 0 saturated carbocycles. The van der Waals surface area contributed by atoms with E-state index in [0.717, 1.165) is 25.9 Å². The molecule has 0 aromatic heterocycles. The number of halogens is 3. The number of piperidine rings is 2. The molecule has 23 heavy (non-hydrogen) atoms. The third-order valence-corrected chi connectivity index (χ3v) is 4.68. The zero-order valence-electron chi connectivity index (χ0n) is 13.1. The molecular formula is C17H23ClF2N2O. The van der Waals surface area contributed by atoms with Crippen LogP contribution in [0.5, 0.6) is 0 Å². The van der Waals surface area contributed by atoms with Gasteiger partial charge in [-0.2, -0.15) is 0 Å². The van der Waals surface area contributed by atoms with E-state index < -0.39 is 5.92 Å². The standard InChI is InChI=1S/C17H22F2N2O.ClH/c18-17(19)6-9-21(10-7-17)16(22)14-4-1-3-13(11-14)15-5-2-8-20-12-15;/h1,3-4,11,15,20H,2,5-10,12H2;1H. The predicted octanol–water partition coefficient (Wildman–Crippen LogP) is 3.45. The summed E-state index contributed by atoms with van der Waals surface area (Å²) < 4.78 is 26.4. The third-order valence-electron chi connectivity index (χ3n) is 4.68. The zero-order chi connectivity index (χ0) is 15.6. The van der Waals surface area contributed by atoms with E-state index in [0.29, 0.717) is 11.5 Å². The molecule has 0 radical (unpaired) electrons. The highest BCUT2D eigenvalue weighted by Gasteiger charge is 2.35. The summed E-state index contributed by atoms with van der Waals surface area (Å²) in [6.45, 7) is 2.27. The van der Waals surface area contributed by atoms with Crippen LogP contribution in [0, 0.1) is 0 Å². The minimum absolute atomic E-state index is 0. The van der Waals surface area contributed by atoms with Crippen molar-refractivity contribution in [3.8, 4) is 0 Å². The first-order chi connectivity index (χ1) is 10.6. The van der Waals surface area contributed by atoms with E-state index in [1.165, 1.54) is 5.56 Å². The van der Waals surface area contributed by atoms with Gasteiger partial charge in [-0.3, -0.25) is 4.79 Å². The Hall–Kier alpha value is -1.20. The Morgan fingerprint density at radius 3 is 2.65 bits per heavy atom. The van der Waals surface area contributed by atoms with Crippen LogP contribution in [0.3, 0.4) is 0 Å². The number of hydrogen-bond donors (Lipinski definition) is 1. The van der Waals surface area contributed by atoms with Crippen LogP contribution in [0.4, 0.5) is 8.78 Å². The summed E-state index contributed by atoms with van der Waals surface area (Å²) >= 11 is 0. The molecule has 6 heteroatoms. The van der Waals surface area contributed by atoms with Crippen LogP contribution in [0.15, 0.2) is 24.3 Å². The molecule has 2 heterocycles. The van der Waals surface area contributed by atoms with Crippen molar-refractivity contribution in [3.63, 3.8) is 0 Å². The summed E-state index contributed by atoms with van der Waals surface area (Å²) in [4.78, 5) is 14.1. The van der Waals surface area contributed by atoms with Crippen LogP contribution in [-0.2, 0) is 0 Å². The zero-order valence-corrected chi connectivity index (χ0v) is 13.9. The largest absolute Gasteiger partial charge is 0.338 e. The van der Waals surface area contributed by atoms with E-state index in [1.807, 2.05) is 12.1 Å². The van der Waals surface area contributed by atoms with E-state index in [1.54, 1.807) is 11.0 Å². The van der Waals surface area contributed by atoms with Crippen LogP contribution in [0.25, 0.3) is 0 Å². The number of carbonyl (C=O) groups is 1. The van der Waals surface area contributed by atoms with Gasteiger partial charge < -0.3 is 10.2 Å². The lowest BCUT2D eigenvalue weighted by molar-refractivity contribution is -0.0494. The molecule has 1 amide bonds. The maximum absolute atomic E-state index is 13.2. The maximum atomic E-state index is 13.2. The van der Waals surface area contributed by atoms with Crippen molar-refractivity contribution in [1.29, 1.82) is 0 Å². The summed E-state index contributed by atoms with van der Waals surface area (Å²) in [6, 6.07) is 7.68. The second-order valence-electron chi connectivity index (χ2n) is 6.32. The second-order valence-corrected chi connectivity index (χ2v) is 6.32. The van der Waals surface area contributed by atoms with Crippen molar-refractivity contribution in [2.24, 2.45) is 0 Å². The van der Waals surface area contributed by atoms with Crippen LogP contribution in [-0.4, -0.2) is 42.9 Å². The van der Waals surface area contributed by atoms with Crippen LogP contribution < -0.4 is 5.32 Å². The molecule has 128 valence electrons. The average Bonchev–Trinajstić information content (AvgIpc) is 2.55. The fourth-order valence-electron chi connectivity index (χ4n) is 3.28. The normalized spacial score (nSPS) is 23.9. The number of hydrogen-bond acceptors (Lipinski definition) is 2. The monoisotopic (exact) mass is 344 g/mol. The van der Waals surface area contributed by atoms with Crippen LogP contribution in [0.2, 0.25) is 0 Å². The summed E-state index contributed by atoms with van der Waals surface area (Å²) in [5.41, 5.74) is 1.79. The first-order valence-corrected chi connectivity index (χ1v) is 8.03. The molecule has 2 aliphatic heterocycles. The van der Waals surface area contributed by atoms with Gasteiger partial charge in [-0.15, -0.1) is 12.4 Å². The summed E-state index contributed by atoms with van der Waals surface area (Å²) in [5, 5.41) is 3.38.